The van der Waals surface area contributed by atoms with Gasteiger partial charge in [-0.3, -0.25) is 15.0 Å². The molecule has 0 unspecified atom stereocenters. The van der Waals surface area contributed by atoms with E-state index < -0.39 is 0 Å². The number of aromatic amines is 1. The van der Waals surface area contributed by atoms with Crippen molar-refractivity contribution in [3.8, 4) is 16.9 Å². The zero-order valence-corrected chi connectivity index (χ0v) is 16.2. The number of carbonyl (C=O) groups excluding carboxylic acids is 1. The zero-order chi connectivity index (χ0) is 21.5. The number of nitrogen functional groups attached to an aromatic ring is 1. The quantitative estimate of drug-likeness (QED) is 0.307. The van der Waals surface area contributed by atoms with E-state index >= 15 is 0 Å². The van der Waals surface area contributed by atoms with Crippen LogP contribution in [0.4, 0.5) is 0 Å². The first kappa shape index (κ1) is 20.6. The van der Waals surface area contributed by atoms with Crippen LogP contribution in [-0.4, -0.2) is 28.4 Å². The molecule has 2 aromatic carbocycles. The van der Waals surface area contributed by atoms with Crippen molar-refractivity contribution < 1.29 is 9.90 Å². The Morgan fingerprint density at radius 1 is 1.10 bits per heavy atom. The molecule has 30 heavy (non-hydrogen) atoms. The molecule has 0 saturated heterocycles. The lowest BCUT2D eigenvalue weighted by atomic mass is 10.0. The number of carbonyl (C=O) groups is 1. The summed E-state index contributed by atoms with van der Waals surface area (Å²) in [5.41, 5.74) is 9.06. The summed E-state index contributed by atoms with van der Waals surface area (Å²) < 4.78 is 0. The van der Waals surface area contributed by atoms with E-state index in [0.717, 1.165) is 16.7 Å². The Hall–Kier alpha value is -4.13. The van der Waals surface area contributed by atoms with Gasteiger partial charge in [0.25, 0.3) is 0 Å². The van der Waals surface area contributed by atoms with Crippen LogP contribution in [0.3, 0.4) is 0 Å². The summed E-state index contributed by atoms with van der Waals surface area (Å²) in [5, 5.41) is 20.1. The number of phenols is 1. The Morgan fingerprint density at radius 2 is 1.83 bits per heavy atom. The topological polar surface area (TPSA) is 132 Å². The molecule has 152 valence electrons. The highest BCUT2D eigenvalue weighted by Crippen LogP contribution is 2.20. The van der Waals surface area contributed by atoms with Crippen molar-refractivity contribution in [3.05, 3.63) is 93.9 Å². The lowest BCUT2D eigenvalue weighted by Crippen LogP contribution is -2.25. The van der Waals surface area contributed by atoms with Crippen molar-refractivity contribution in [2.75, 3.05) is 6.54 Å². The van der Waals surface area contributed by atoms with Crippen LogP contribution in [0.2, 0.25) is 0 Å². The first-order valence-corrected chi connectivity index (χ1v) is 9.31. The summed E-state index contributed by atoms with van der Waals surface area (Å²) in [6.07, 6.45) is 5.28. The molecule has 0 saturated carbocycles. The number of aromatic hydroxyl groups is 1. The van der Waals surface area contributed by atoms with E-state index in [1.54, 1.807) is 36.5 Å². The van der Waals surface area contributed by atoms with Crippen LogP contribution in [-0.2, 0) is 11.2 Å². The Kier molecular flexibility index (Phi) is 6.44. The number of hydrogen-bond donors (Lipinski definition) is 5. The lowest BCUT2D eigenvalue weighted by molar-refractivity contribution is -0.120. The molecule has 0 radical (unpaired) electrons. The fraction of sp³-hybridized carbons (Fsp3) is 0.0870. The molecule has 1 amide bonds. The number of nitrogens with two attached hydrogens (primary N) is 1. The fourth-order valence-electron chi connectivity index (χ4n) is 2.87. The molecule has 0 aliphatic rings. The molecule has 6 N–H and O–H groups in total. The molecule has 3 rings (SSSR count). The minimum Gasteiger partial charge on any atom is -0.507 e. The Bertz CT molecular complexity index is 1130. The third kappa shape index (κ3) is 5.45. The van der Waals surface area contributed by atoms with Crippen molar-refractivity contribution in [1.82, 2.24) is 10.3 Å². The van der Waals surface area contributed by atoms with Gasteiger partial charge in [-0.15, -0.1) is 0 Å². The smallest absolute Gasteiger partial charge is 0.247 e. The molecule has 7 nitrogen and oxygen atoms in total. The molecular weight excluding hydrogens is 380 g/mol. The number of benzene rings is 2. The van der Waals surface area contributed by atoms with E-state index in [1.807, 2.05) is 24.3 Å². The van der Waals surface area contributed by atoms with Gasteiger partial charge >= 0.3 is 0 Å². The van der Waals surface area contributed by atoms with E-state index in [1.165, 1.54) is 12.1 Å². The fourth-order valence-corrected chi connectivity index (χ4v) is 2.87. The number of phenolic OH excluding ortho intramolecular Hbond substituents is 1. The molecule has 0 atom stereocenters. The van der Waals surface area contributed by atoms with Crippen LogP contribution in [0, 0.1) is 5.41 Å². The van der Waals surface area contributed by atoms with Crippen LogP contribution in [0.1, 0.15) is 16.7 Å². The Balaban J connectivity index is 1.53. The molecule has 0 aliphatic carbocycles. The van der Waals surface area contributed by atoms with Crippen LogP contribution >= 0.6 is 0 Å². The molecule has 7 heteroatoms. The van der Waals surface area contributed by atoms with Gasteiger partial charge in [0, 0.05) is 29.9 Å². The number of nitrogens with one attached hydrogen (secondary N) is 3. The van der Waals surface area contributed by atoms with Crippen molar-refractivity contribution >= 4 is 17.8 Å². The third-order valence-electron chi connectivity index (χ3n) is 4.49. The molecule has 1 aromatic heterocycles. The first-order valence-electron chi connectivity index (χ1n) is 9.31. The highest BCUT2D eigenvalue weighted by atomic mass is 16.3. The maximum atomic E-state index is 12.1. The average Bonchev–Trinajstić information content (AvgIpc) is 2.73. The van der Waals surface area contributed by atoms with Gasteiger partial charge in [0.2, 0.25) is 11.5 Å². The van der Waals surface area contributed by atoms with Crippen molar-refractivity contribution in [1.29, 1.82) is 5.41 Å². The molecule has 1 heterocycles. The van der Waals surface area contributed by atoms with Crippen LogP contribution < -0.4 is 16.6 Å². The molecule has 0 spiro atoms. The van der Waals surface area contributed by atoms with Crippen molar-refractivity contribution in [2.45, 2.75) is 6.42 Å². The summed E-state index contributed by atoms with van der Waals surface area (Å²) in [4.78, 5) is 25.9. The second-order valence-electron chi connectivity index (χ2n) is 6.71. The second kappa shape index (κ2) is 9.38. The van der Waals surface area contributed by atoms with Crippen LogP contribution in [0.15, 0.2) is 71.7 Å². The predicted molar refractivity (Wildman–Crippen MR) is 117 cm³/mol. The third-order valence-corrected chi connectivity index (χ3v) is 4.49. The number of aromatic nitrogens is 1. The normalized spacial score (nSPS) is 10.8. The highest BCUT2D eigenvalue weighted by molar-refractivity contribution is 5.95. The maximum absolute atomic E-state index is 12.1. The van der Waals surface area contributed by atoms with Gasteiger partial charge in [-0.1, -0.05) is 36.4 Å². The molecular formula is C23H22N4O3. The minimum atomic E-state index is -0.150. The number of amides is 1. The first-order chi connectivity index (χ1) is 14.4. The number of hydrogen-bond acceptors (Lipinski definition) is 4. The van der Waals surface area contributed by atoms with Gasteiger partial charge in [-0.05, 0) is 41.0 Å². The SMILES string of the molecule is N=C(N)c1ccc(O)c(/C=C/CNC(=O)Cc2ccc(-c3ccc(=O)[nH]c3)cc2)c1. The van der Waals surface area contributed by atoms with Gasteiger partial charge < -0.3 is 21.1 Å². The number of H-pyrrole nitrogens is 1. The highest BCUT2D eigenvalue weighted by Gasteiger charge is 2.04. The predicted octanol–water partition coefficient (Wildman–Crippen LogP) is 2.40. The Labute approximate surface area is 173 Å². The molecule has 0 fully saturated rings. The van der Waals surface area contributed by atoms with Gasteiger partial charge in [0.1, 0.15) is 11.6 Å². The van der Waals surface area contributed by atoms with Gasteiger partial charge in [0.15, 0.2) is 0 Å². The summed E-state index contributed by atoms with van der Waals surface area (Å²) in [5.74, 6) is -0.132. The van der Waals surface area contributed by atoms with E-state index in [9.17, 15) is 14.7 Å². The molecule has 0 aliphatic heterocycles. The average molecular weight is 402 g/mol. The van der Waals surface area contributed by atoms with E-state index in [2.05, 4.69) is 10.3 Å². The van der Waals surface area contributed by atoms with Crippen molar-refractivity contribution in [3.63, 3.8) is 0 Å². The lowest BCUT2D eigenvalue weighted by Gasteiger charge is -2.06. The summed E-state index contributed by atoms with van der Waals surface area (Å²) in [6.45, 7) is 0.304. The minimum absolute atomic E-state index is 0.0742. The van der Waals surface area contributed by atoms with Crippen molar-refractivity contribution in [2.24, 2.45) is 5.73 Å². The van der Waals surface area contributed by atoms with E-state index in [0.29, 0.717) is 17.7 Å². The summed E-state index contributed by atoms with van der Waals surface area (Å²) in [7, 11) is 0. The monoisotopic (exact) mass is 402 g/mol. The van der Waals surface area contributed by atoms with Crippen LogP contribution in [0.25, 0.3) is 17.2 Å². The number of amidine groups is 1. The van der Waals surface area contributed by atoms with Gasteiger partial charge in [-0.2, -0.15) is 0 Å². The summed E-state index contributed by atoms with van der Waals surface area (Å²) >= 11 is 0. The van der Waals surface area contributed by atoms with E-state index in [4.69, 9.17) is 11.1 Å². The Morgan fingerprint density at radius 3 is 2.50 bits per heavy atom. The van der Waals surface area contributed by atoms with E-state index in [-0.39, 0.29) is 29.5 Å². The van der Waals surface area contributed by atoms with Gasteiger partial charge in [-0.25, -0.2) is 0 Å². The number of rotatable bonds is 7. The zero-order valence-electron chi connectivity index (χ0n) is 16.2. The van der Waals surface area contributed by atoms with Gasteiger partial charge in [0.05, 0.1) is 6.42 Å². The largest absolute Gasteiger partial charge is 0.507 e. The number of pyridine rings is 1. The summed E-state index contributed by atoms with van der Waals surface area (Å²) in [6, 6.07) is 15.4. The standard InChI is InChI=1S/C23H22N4O3/c24-23(25)18-7-9-20(28)17(13-18)2-1-11-26-22(30)12-15-3-5-16(6-4-15)19-8-10-21(29)27-14-19/h1-10,13-14,28H,11-12H2,(H3,24,25)(H,26,30)(H,27,29)/b2-1+. The second-order valence-corrected chi connectivity index (χ2v) is 6.71. The maximum Gasteiger partial charge on any atom is 0.247 e. The molecule has 3 aromatic rings. The van der Waals surface area contributed by atoms with Crippen LogP contribution in [0.5, 0.6) is 5.75 Å². The molecule has 0 bridgehead atoms.